The molecule has 0 amide bonds. The standard InChI is InChI=1S/C13H20N4O3/c1-8(18)6-4-5-7-9-14-11-10(16(9)2)12(19)15-13(20)17(11)3/h8,18H,4-7H2,1-3H3,(H,15,19,20)/t8-/m0/s1/i1D,6D2. The predicted octanol–water partition coefficient (Wildman–Crippen LogP) is 0.0539. The van der Waals surface area contributed by atoms with Gasteiger partial charge in [-0.3, -0.25) is 14.3 Å². The van der Waals surface area contributed by atoms with E-state index in [0.29, 0.717) is 18.7 Å². The Morgan fingerprint density at radius 3 is 2.85 bits per heavy atom. The minimum absolute atomic E-state index is 0.0749. The van der Waals surface area contributed by atoms with E-state index in [-0.39, 0.29) is 17.6 Å². The molecule has 7 nitrogen and oxygen atoms in total. The SMILES string of the molecule is [2H]C[C@H](O)C([2H])([2H])CCCc1nc2c(c(=O)[nH]c(=O)n2C)n1C. The first-order valence-electron chi connectivity index (χ1n) is 8.01. The molecule has 1 atom stereocenters. The van der Waals surface area contributed by atoms with E-state index < -0.39 is 30.6 Å². The van der Waals surface area contributed by atoms with Crippen LogP contribution in [0, 0.1) is 0 Å². The molecule has 0 aliphatic heterocycles. The molecule has 0 saturated heterocycles. The van der Waals surface area contributed by atoms with Crippen LogP contribution in [0.4, 0.5) is 0 Å². The van der Waals surface area contributed by atoms with Gasteiger partial charge in [-0.1, -0.05) is 6.42 Å². The molecule has 0 aromatic carbocycles. The Morgan fingerprint density at radius 1 is 1.40 bits per heavy atom. The molecule has 2 rings (SSSR count). The molecule has 0 bridgehead atoms. The average Bonchev–Trinajstić information content (AvgIpc) is 2.81. The first kappa shape index (κ1) is 10.8. The molecule has 7 heteroatoms. The highest BCUT2D eigenvalue weighted by molar-refractivity contribution is 5.70. The lowest BCUT2D eigenvalue weighted by Gasteiger charge is -2.04. The monoisotopic (exact) mass is 283 g/mol. The molecule has 20 heavy (non-hydrogen) atoms. The van der Waals surface area contributed by atoms with E-state index in [1.807, 2.05) is 0 Å². The number of hydrogen-bond acceptors (Lipinski definition) is 4. The van der Waals surface area contributed by atoms with Crippen molar-refractivity contribution >= 4 is 11.2 Å². The lowest BCUT2D eigenvalue weighted by Crippen LogP contribution is -2.29. The number of aromatic nitrogens is 4. The van der Waals surface area contributed by atoms with Crippen LogP contribution in [0.3, 0.4) is 0 Å². The topological polar surface area (TPSA) is 92.9 Å². The molecule has 2 aromatic rings. The Bertz CT molecular complexity index is 824. The maximum atomic E-state index is 11.9. The number of hydrogen-bond donors (Lipinski definition) is 2. The Balaban J connectivity index is 2.24. The van der Waals surface area contributed by atoms with Crippen molar-refractivity contribution in [3.05, 3.63) is 26.7 Å². The number of nitrogens with zero attached hydrogens (tertiary/aromatic N) is 3. The van der Waals surface area contributed by atoms with E-state index in [9.17, 15) is 14.7 Å². The molecule has 0 saturated carbocycles. The molecule has 2 heterocycles. The Hall–Kier alpha value is -1.89. The van der Waals surface area contributed by atoms with Gasteiger partial charge in [-0.25, -0.2) is 9.78 Å². The fourth-order valence-corrected chi connectivity index (χ4v) is 2.09. The number of aromatic amines is 1. The fourth-order valence-electron chi connectivity index (χ4n) is 2.09. The van der Waals surface area contributed by atoms with Gasteiger partial charge in [0.25, 0.3) is 5.56 Å². The van der Waals surface area contributed by atoms with Gasteiger partial charge in [0.1, 0.15) is 5.82 Å². The summed E-state index contributed by atoms with van der Waals surface area (Å²) in [6.45, 7) is -0.392. The first-order chi connectivity index (χ1) is 10.7. The Morgan fingerprint density at radius 2 is 2.15 bits per heavy atom. The van der Waals surface area contributed by atoms with E-state index >= 15 is 0 Å². The molecule has 0 aliphatic rings. The summed E-state index contributed by atoms with van der Waals surface area (Å²) in [5.41, 5.74) is -0.479. The molecule has 0 fully saturated rings. The summed E-state index contributed by atoms with van der Waals surface area (Å²) in [4.78, 5) is 30.0. The number of aryl methyl sites for hydroxylation is 3. The van der Waals surface area contributed by atoms with Gasteiger partial charge in [-0.2, -0.15) is 0 Å². The van der Waals surface area contributed by atoms with Crippen molar-refractivity contribution in [1.29, 1.82) is 0 Å². The number of H-pyrrole nitrogens is 1. The van der Waals surface area contributed by atoms with Gasteiger partial charge in [0.15, 0.2) is 11.2 Å². The second-order valence-corrected chi connectivity index (χ2v) is 4.65. The fraction of sp³-hybridized carbons (Fsp3) is 0.615. The molecule has 2 aromatic heterocycles. The van der Waals surface area contributed by atoms with Crippen molar-refractivity contribution in [3.63, 3.8) is 0 Å². The highest BCUT2D eigenvalue weighted by Gasteiger charge is 2.14. The smallest absolute Gasteiger partial charge is 0.329 e. The van der Waals surface area contributed by atoms with Gasteiger partial charge in [-0.05, 0) is 19.7 Å². The lowest BCUT2D eigenvalue weighted by molar-refractivity contribution is 0.180. The molecule has 0 spiro atoms. The van der Waals surface area contributed by atoms with E-state index in [2.05, 4.69) is 9.97 Å². The molecule has 0 unspecified atom stereocenters. The van der Waals surface area contributed by atoms with Gasteiger partial charge >= 0.3 is 5.69 Å². The van der Waals surface area contributed by atoms with Gasteiger partial charge < -0.3 is 9.67 Å². The highest BCUT2D eigenvalue weighted by atomic mass is 16.3. The van der Waals surface area contributed by atoms with Crippen LogP contribution in [0.15, 0.2) is 9.59 Å². The second-order valence-electron chi connectivity index (χ2n) is 4.65. The number of aliphatic hydroxyl groups excluding tert-OH is 1. The van der Waals surface area contributed by atoms with Crippen molar-refractivity contribution in [2.24, 2.45) is 14.1 Å². The summed E-state index contributed by atoms with van der Waals surface area (Å²) in [6.07, 6.45) is -2.30. The van der Waals surface area contributed by atoms with Crippen molar-refractivity contribution in [2.45, 2.75) is 38.6 Å². The minimum atomic E-state index is -1.84. The quantitative estimate of drug-likeness (QED) is 0.811. The average molecular weight is 283 g/mol. The summed E-state index contributed by atoms with van der Waals surface area (Å²) in [6, 6.07) is 0. The molecular formula is C13H20N4O3. The Labute approximate surface area is 120 Å². The van der Waals surface area contributed by atoms with Crippen LogP contribution in [-0.4, -0.2) is 30.3 Å². The third-order valence-corrected chi connectivity index (χ3v) is 3.18. The summed E-state index contributed by atoms with van der Waals surface area (Å²) in [7, 11) is 3.18. The Kier molecular flexibility index (Phi) is 3.05. The van der Waals surface area contributed by atoms with Crippen LogP contribution in [0.1, 0.15) is 36.1 Å². The molecule has 2 N–H and O–H groups in total. The molecule has 0 aliphatic carbocycles. The summed E-state index contributed by atoms with van der Waals surface area (Å²) >= 11 is 0. The van der Waals surface area contributed by atoms with Gasteiger partial charge in [0.05, 0.1) is 6.10 Å². The third kappa shape index (κ3) is 2.67. The largest absolute Gasteiger partial charge is 0.393 e. The molecule has 110 valence electrons. The normalized spacial score (nSPS) is 15.8. The maximum absolute atomic E-state index is 11.9. The van der Waals surface area contributed by atoms with Crippen LogP contribution in [0.5, 0.6) is 0 Å². The third-order valence-electron chi connectivity index (χ3n) is 3.18. The number of aliphatic hydroxyl groups is 1. The number of imidazole rings is 1. The van der Waals surface area contributed by atoms with Crippen molar-refractivity contribution in [2.75, 3.05) is 0 Å². The summed E-state index contributed by atoms with van der Waals surface area (Å²) in [5.74, 6) is 0.558. The zero-order valence-electron chi connectivity index (χ0n) is 14.5. The van der Waals surface area contributed by atoms with E-state index in [4.69, 9.17) is 4.11 Å². The van der Waals surface area contributed by atoms with Crippen LogP contribution < -0.4 is 11.2 Å². The van der Waals surface area contributed by atoms with Gasteiger partial charge in [0.2, 0.25) is 0 Å². The van der Waals surface area contributed by atoms with E-state index in [0.717, 1.165) is 0 Å². The van der Waals surface area contributed by atoms with E-state index in [1.165, 1.54) is 11.6 Å². The van der Waals surface area contributed by atoms with Crippen molar-refractivity contribution in [1.82, 2.24) is 19.1 Å². The first-order valence-corrected chi connectivity index (χ1v) is 6.31. The van der Waals surface area contributed by atoms with Crippen molar-refractivity contribution < 1.29 is 9.22 Å². The zero-order chi connectivity index (χ0) is 17.4. The minimum Gasteiger partial charge on any atom is -0.393 e. The highest BCUT2D eigenvalue weighted by Crippen LogP contribution is 2.12. The molecular weight excluding hydrogens is 260 g/mol. The number of nitrogens with one attached hydrogen (secondary N) is 1. The van der Waals surface area contributed by atoms with Crippen LogP contribution in [0.25, 0.3) is 11.2 Å². The van der Waals surface area contributed by atoms with Crippen LogP contribution >= 0.6 is 0 Å². The van der Waals surface area contributed by atoms with Crippen LogP contribution in [-0.2, 0) is 20.5 Å². The van der Waals surface area contributed by atoms with Crippen molar-refractivity contribution in [3.8, 4) is 0 Å². The summed E-state index contributed by atoms with van der Waals surface area (Å²) in [5, 5.41) is 9.49. The van der Waals surface area contributed by atoms with E-state index in [1.54, 1.807) is 11.6 Å². The predicted molar refractivity (Wildman–Crippen MR) is 75.8 cm³/mol. The molecule has 0 radical (unpaired) electrons. The van der Waals surface area contributed by atoms with Crippen LogP contribution in [0.2, 0.25) is 0 Å². The van der Waals surface area contributed by atoms with Gasteiger partial charge in [0, 0.05) is 24.6 Å². The maximum Gasteiger partial charge on any atom is 0.329 e. The number of fused-ring (bicyclic) bond motifs is 1. The zero-order valence-corrected chi connectivity index (χ0v) is 11.5. The summed E-state index contributed by atoms with van der Waals surface area (Å²) < 4.78 is 25.4. The van der Waals surface area contributed by atoms with Gasteiger partial charge in [-0.15, -0.1) is 0 Å². The number of rotatable bonds is 5. The lowest BCUT2D eigenvalue weighted by atomic mass is 10.1. The second kappa shape index (κ2) is 5.62.